The largest absolute Gasteiger partial charge is 0.415 e. The third kappa shape index (κ3) is 8.63. The van der Waals surface area contributed by atoms with Crippen molar-refractivity contribution in [1.82, 2.24) is 4.72 Å². The second-order valence-electron chi connectivity index (χ2n) is 8.97. The topological polar surface area (TPSA) is 18.5 Å². The number of unbranched alkanes of at least 4 members (excludes halogenated alkanes) is 3. The second kappa shape index (κ2) is 15.8. The molecule has 3 rings (SSSR count). The minimum atomic E-state index is -0.0500. The van der Waals surface area contributed by atoms with Crippen LogP contribution in [0.4, 0.5) is 11.4 Å². The van der Waals surface area contributed by atoms with E-state index in [1.54, 1.807) is 6.08 Å². The lowest BCUT2D eigenvalue weighted by atomic mass is 9.61. The molecule has 184 valence electrons. The summed E-state index contributed by atoms with van der Waals surface area (Å²) >= 11 is 1.94. The van der Waals surface area contributed by atoms with Gasteiger partial charge in [-0.05, 0) is 64.3 Å². The molecule has 0 aromatic heterocycles. The zero-order valence-corrected chi connectivity index (χ0v) is 23.2. The molecule has 0 atom stereocenters. The predicted octanol–water partition coefficient (Wildman–Crippen LogP) is 8.61. The highest BCUT2D eigenvalue weighted by Crippen LogP contribution is 2.44. The molecule has 2 aromatic rings. The molecule has 0 bridgehead atoms. The van der Waals surface area contributed by atoms with E-state index in [9.17, 15) is 0 Å². The maximum Gasteiger partial charge on any atom is 0.340 e. The van der Waals surface area contributed by atoms with Gasteiger partial charge in [0.05, 0.1) is 4.75 Å². The first-order valence-corrected chi connectivity index (χ1v) is 13.3. The number of hydrogen-bond donors (Lipinski definition) is 1. The zero-order valence-electron chi connectivity index (χ0n) is 22.4. The van der Waals surface area contributed by atoms with Crippen LogP contribution in [0.1, 0.15) is 58.9 Å². The molecule has 0 saturated carbocycles. The minimum Gasteiger partial charge on any atom is -0.415 e. The van der Waals surface area contributed by atoms with Crippen LogP contribution in [0.2, 0.25) is 13.6 Å². The number of anilines is 2. The first-order chi connectivity index (χ1) is 16.4. The van der Waals surface area contributed by atoms with Crippen molar-refractivity contribution < 1.29 is 0 Å². The van der Waals surface area contributed by atoms with Crippen molar-refractivity contribution >= 4 is 37.3 Å². The summed E-state index contributed by atoms with van der Waals surface area (Å²) in [6, 6.07) is 19.6. The highest BCUT2D eigenvalue weighted by Gasteiger charge is 2.39. The van der Waals surface area contributed by atoms with Crippen molar-refractivity contribution in [3.8, 4) is 0 Å². The lowest BCUT2D eigenvalue weighted by Gasteiger charge is -2.40. The van der Waals surface area contributed by atoms with Crippen LogP contribution in [0.15, 0.2) is 80.4 Å². The Balaban J connectivity index is 0.00000107. The first-order valence-electron chi connectivity index (χ1n) is 12.6. The van der Waals surface area contributed by atoms with Crippen molar-refractivity contribution in [1.29, 1.82) is 0 Å². The van der Waals surface area contributed by atoms with Crippen LogP contribution in [0.25, 0.3) is 0 Å². The smallest absolute Gasteiger partial charge is 0.340 e. The predicted molar refractivity (Wildman–Crippen MR) is 161 cm³/mol. The van der Waals surface area contributed by atoms with Gasteiger partial charge in [-0.15, -0.1) is 19.7 Å². The van der Waals surface area contributed by atoms with Crippen LogP contribution >= 0.6 is 11.9 Å². The molecule has 3 nitrogen and oxygen atoms in total. The van der Waals surface area contributed by atoms with E-state index in [0.29, 0.717) is 0 Å². The Bertz CT molecular complexity index is 831. The average molecular weight is 477 g/mol. The van der Waals surface area contributed by atoms with Gasteiger partial charge < -0.3 is 14.2 Å². The van der Waals surface area contributed by atoms with E-state index in [1.807, 2.05) is 18.9 Å². The number of allylic oxidation sites excluding steroid dienone is 1. The number of rotatable bonds is 6. The van der Waals surface area contributed by atoms with E-state index >= 15 is 0 Å². The fraction of sp³-hybridized carbons (Fsp3) is 0.429. The molecule has 0 saturated heterocycles. The molecule has 0 aliphatic carbocycles. The molecule has 0 unspecified atom stereocenters. The minimum absolute atomic E-state index is 0.0500. The summed E-state index contributed by atoms with van der Waals surface area (Å²) in [7, 11) is 0. The van der Waals surface area contributed by atoms with Crippen LogP contribution in [0.5, 0.6) is 0 Å². The molecule has 2 aromatic carbocycles. The number of nitrogens with zero attached hydrogens (tertiary/aromatic N) is 2. The summed E-state index contributed by atoms with van der Waals surface area (Å²) in [5, 5.41) is 3.84. The molecule has 0 radical (unpaired) electrons. The van der Waals surface area contributed by atoms with Crippen molar-refractivity contribution in [3.63, 3.8) is 0 Å². The molecule has 1 heterocycles. The number of hydrogen-bond acceptors (Lipinski definition) is 4. The van der Waals surface area contributed by atoms with Gasteiger partial charge in [-0.3, -0.25) is 0 Å². The molecule has 1 N–H and O–H groups in total. The van der Waals surface area contributed by atoms with Crippen molar-refractivity contribution in [2.75, 3.05) is 16.0 Å². The van der Waals surface area contributed by atoms with Gasteiger partial charge in [-0.1, -0.05) is 87.4 Å². The van der Waals surface area contributed by atoms with E-state index in [1.165, 1.54) is 42.6 Å². The average Bonchev–Trinajstić information content (AvgIpc) is 2.87. The number of fused-ring (bicyclic) bond motifs is 1. The fourth-order valence-electron chi connectivity index (χ4n) is 4.22. The molecule has 0 amide bonds. The highest BCUT2D eigenvalue weighted by atomic mass is 32.2. The highest BCUT2D eigenvalue weighted by molar-refractivity contribution is 8.03. The maximum absolute atomic E-state index is 3.84. The molecule has 34 heavy (non-hydrogen) atoms. The Morgan fingerprint density at radius 2 is 1.56 bits per heavy atom. The first kappa shape index (κ1) is 30.0. The Labute approximate surface area is 215 Å². The second-order valence-corrected chi connectivity index (χ2v) is 10.6. The summed E-state index contributed by atoms with van der Waals surface area (Å²) in [5.74, 6) is 0. The standard InChI is InChI=1S/C23H35B2N3S.C3H6.C2H4/c1-6-7-8-14-19-27-24(4)26-22-18-13-12-17-21(22)23(2,3)29-28(25(27)5)20-15-10-9-11-16-20;1-3-2;1-2/h9-13,15-18,26H,6-8,14,19H2,1-5H3;3H,1H2,2H3;1-2H2. The quantitative estimate of drug-likeness (QED) is 0.194. The van der Waals surface area contributed by atoms with Crippen LogP contribution in [0, 0.1) is 0 Å². The van der Waals surface area contributed by atoms with E-state index < -0.39 is 0 Å². The van der Waals surface area contributed by atoms with Gasteiger partial charge in [0.1, 0.15) is 0 Å². The van der Waals surface area contributed by atoms with E-state index in [4.69, 9.17) is 0 Å². The third-order valence-corrected chi connectivity index (χ3v) is 7.25. The Kier molecular flexibility index (Phi) is 13.9. The van der Waals surface area contributed by atoms with E-state index in [2.05, 4.69) is 123 Å². The van der Waals surface area contributed by atoms with Crippen LogP contribution < -0.4 is 9.44 Å². The van der Waals surface area contributed by atoms with Crippen molar-refractivity contribution in [3.05, 3.63) is 86.0 Å². The van der Waals surface area contributed by atoms with Crippen LogP contribution in [-0.2, 0) is 4.75 Å². The molecule has 1 aliphatic rings. The van der Waals surface area contributed by atoms with Gasteiger partial charge in [0, 0.05) is 11.4 Å². The van der Waals surface area contributed by atoms with Crippen molar-refractivity contribution in [2.24, 2.45) is 0 Å². The molecule has 0 spiro atoms. The van der Waals surface area contributed by atoms with Gasteiger partial charge in [-0.2, -0.15) is 0 Å². The van der Waals surface area contributed by atoms with Crippen LogP contribution in [-0.4, -0.2) is 25.2 Å². The van der Waals surface area contributed by atoms with Crippen LogP contribution in [0.3, 0.4) is 0 Å². The summed E-state index contributed by atoms with van der Waals surface area (Å²) < 4.78 is 5.08. The fourth-order valence-corrected chi connectivity index (χ4v) is 5.49. The normalized spacial score (nSPS) is 15.2. The zero-order chi connectivity index (χ0) is 25.6. The number of benzene rings is 2. The van der Waals surface area contributed by atoms with Gasteiger partial charge in [0.25, 0.3) is 0 Å². The van der Waals surface area contributed by atoms with E-state index in [0.717, 1.165) is 6.54 Å². The Morgan fingerprint density at radius 3 is 2.18 bits per heavy atom. The molecule has 6 heteroatoms. The Morgan fingerprint density at radius 1 is 0.971 bits per heavy atom. The van der Waals surface area contributed by atoms with Crippen molar-refractivity contribution in [2.45, 2.75) is 71.8 Å². The Hall–Kier alpha value is -2.04. The lowest BCUT2D eigenvalue weighted by molar-refractivity contribution is 0.563. The third-order valence-electron chi connectivity index (χ3n) is 5.86. The van der Waals surface area contributed by atoms with Gasteiger partial charge in [-0.25, -0.2) is 0 Å². The lowest BCUT2D eigenvalue weighted by Crippen LogP contribution is -2.57. The SMILES string of the molecule is C=C.C=CC.CCCCCCN1B(C)Nc2ccccc2C(C)(C)SN(c2ccccc2)B1C. The summed E-state index contributed by atoms with van der Waals surface area (Å²) in [5.41, 5.74) is 3.87. The summed E-state index contributed by atoms with van der Waals surface area (Å²) in [4.78, 5) is 0. The molecular weight excluding hydrogens is 432 g/mol. The van der Waals surface area contributed by atoms with Gasteiger partial charge in [0.2, 0.25) is 0 Å². The number of para-hydroxylation sites is 2. The molecular formula is C28H45B2N3S. The van der Waals surface area contributed by atoms with Gasteiger partial charge in [0.15, 0.2) is 0 Å². The molecule has 0 fully saturated rings. The maximum atomic E-state index is 3.84. The molecule has 1 aliphatic heterocycles. The van der Waals surface area contributed by atoms with E-state index in [-0.39, 0.29) is 18.7 Å². The van der Waals surface area contributed by atoms with Gasteiger partial charge >= 0.3 is 14.0 Å². The number of nitrogens with one attached hydrogen (secondary N) is 1. The monoisotopic (exact) mass is 477 g/mol. The summed E-state index contributed by atoms with van der Waals surface area (Å²) in [6.45, 7) is 24.5. The summed E-state index contributed by atoms with van der Waals surface area (Å²) in [6.07, 6.45) is 6.88.